The molecule has 1 atom stereocenters. The third kappa shape index (κ3) is 5.40. The van der Waals surface area contributed by atoms with Gasteiger partial charge < -0.3 is 25.0 Å². The number of nitrogens with zero attached hydrogens (tertiary/aromatic N) is 5. The fraction of sp³-hybridized carbons (Fsp3) is 0.457. The molecule has 1 aliphatic carbocycles. The van der Waals surface area contributed by atoms with E-state index in [0.29, 0.717) is 29.8 Å². The molecule has 0 radical (unpaired) electrons. The van der Waals surface area contributed by atoms with Crippen LogP contribution in [0.25, 0.3) is 16.8 Å². The van der Waals surface area contributed by atoms with Crippen LogP contribution in [0.1, 0.15) is 48.7 Å². The Morgan fingerprint density at radius 3 is 2.56 bits per heavy atom. The predicted octanol–water partition coefficient (Wildman–Crippen LogP) is 4.65. The van der Waals surface area contributed by atoms with Gasteiger partial charge in [-0.25, -0.2) is 4.98 Å². The Bertz CT molecular complexity index is 1710. The Hall–Kier alpha value is -4.15. The number of likely N-dealkylation sites (N-methyl/N-ethyl adjacent to an activating group) is 1. The first kappa shape index (κ1) is 29.6. The van der Waals surface area contributed by atoms with Crippen LogP contribution in [0.3, 0.4) is 0 Å². The molecule has 4 aromatic rings. The van der Waals surface area contributed by atoms with Gasteiger partial charge in [0.1, 0.15) is 23.4 Å². The molecular weight excluding hydrogens is 566 g/mol. The Morgan fingerprint density at radius 2 is 1.80 bits per heavy atom. The van der Waals surface area contributed by atoms with Crippen LogP contribution < -0.4 is 25.0 Å². The highest BCUT2D eigenvalue weighted by molar-refractivity contribution is 6.00. The van der Waals surface area contributed by atoms with E-state index in [1.165, 1.54) is 12.8 Å². The molecule has 1 unspecified atom stereocenters. The summed E-state index contributed by atoms with van der Waals surface area (Å²) in [5, 5.41) is 6.61. The Morgan fingerprint density at radius 1 is 1.02 bits per heavy atom. The lowest BCUT2D eigenvalue weighted by Gasteiger charge is -2.38. The molecule has 2 aromatic carbocycles. The van der Waals surface area contributed by atoms with Gasteiger partial charge in [-0.05, 0) is 56.9 Å². The number of amides is 1. The second-order valence-corrected chi connectivity index (χ2v) is 12.5. The first-order valence-corrected chi connectivity index (χ1v) is 16.1. The number of hydrogen-bond donors (Lipinski definition) is 2. The number of aromatic nitrogens is 3. The monoisotopic (exact) mass is 609 g/mol. The lowest BCUT2D eigenvalue weighted by atomic mass is 9.84. The summed E-state index contributed by atoms with van der Waals surface area (Å²) in [5.41, 5.74) is 6.50. The van der Waals surface area contributed by atoms with Crippen LogP contribution in [-0.4, -0.2) is 84.7 Å². The van der Waals surface area contributed by atoms with Crippen molar-refractivity contribution in [2.75, 3.05) is 57.7 Å². The van der Waals surface area contributed by atoms with Gasteiger partial charge in [0, 0.05) is 80.8 Å². The van der Waals surface area contributed by atoms with Gasteiger partial charge in [0.05, 0.1) is 36.8 Å². The molecule has 2 aromatic heterocycles. The molecule has 236 valence electrons. The van der Waals surface area contributed by atoms with Gasteiger partial charge in [0.25, 0.3) is 0 Å². The Balaban J connectivity index is 1.13. The van der Waals surface area contributed by atoms with Crippen molar-refractivity contribution in [2.45, 2.75) is 57.0 Å². The van der Waals surface area contributed by atoms with Crippen LogP contribution >= 0.6 is 0 Å². The summed E-state index contributed by atoms with van der Waals surface area (Å²) in [5.74, 6) is 2.82. The molecule has 2 N–H and O–H groups in total. The smallest absolute Gasteiger partial charge is 0.247 e. The van der Waals surface area contributed by atoms with Gasteiger partial charge in [-0.1, -0.05) is 12.1 Å². The first-order chi connectivity index (χ1) is 22.0. The number of methoxy groups -OCH3 is 2. The summed E-state index contributed by atoms with van der Waals surface area (Å²) in [7, 11) is 5.25. The number of ether oxygens (including phenoxy) is 2. The largest absolute Gasteiger partial charge is 0.496 e. The van der Waals surface area contributed by atoms with Gasteiger partial charge >= 0.3 is 0 Å². The minimum absolute atomic E-state index is 0.0898. The van der Waals surface area contributed by atoms with Crippen molar-refractivity contribution in [3.05, 3.63) is 65.9 Å². The van der Waals surface area contributed by atoms with Crippen molar-refractivity contribution in [2.24, 2.45) is 0 Å². The molecule has 1 amide bonds. The number of anilines is 2. The minimum Gasteiger partial charge on any atom is -0.496 e. The van der Waals surface area contributed by atoms with Crippen LogP contribution in [0.15, 0.2) is 48.8 Å². The molecule has 4 heterocycles. The van der Waals surface area contributed by atoms with Crippen molar-refractivity contribution >= 4 is 22.8 Å². The number of carbonyl (C=O) groups excluding carboxylic acids is 1. The molecule has 1 saturated heterocycles. The van der Waals surface area contributed by atoms with E-state index in [9.17, 15) is 4.79 Å². The van der Waals surface area contributed by atoms with Gasteiger partial charge in [-0.3, -0.25) is 19.1 Å². The highest BCUT2D eigenvalue weighted by Crippen LogP contribution is 2.40. The number of imidazole rings is 1. The molecule has 10 nitrogen and oxygen atoms in total. The molecule has 3 aliphatic rings. The number of carbonyl (C=O) groups is 1. The number of hydrogen-bond acceptors (Lipinski definition) is 8. The van der Waals surface area contributed by atoms with E-state index in [-0.39, 0.29) is 11.9 Å². The zero-order chi connectivity index (χ0) is 31.1. The highest BCUT2D eigenvalue weighted by Gasteiger charge is 2.35. The Labute approximate surface area is 264 Å². The van der Waals surface area contributed by atoms with Crippen molar-refractivity contribution in [3.8, 4) is 22.8 Å². The lowest BCUT2D eigenvalue weighted by Crippen LogP contribution is -2.49. The van der Waals surface area contributed by atoms with Crippen molar-refractivity contribution in [1.82, 2.24) is 24.6 Å². The predicted molar refractivity (Wildman–Crippen MR) is 177 cm³/mol. The minimum atomic E-state index is -0.351. The molecule has 2 aliphatic heterocycles. The number of rotatable bonds is 7. The summed E-state index contributed by atoms with van der Waals surface area (Å²) in [6.07, 6.45) is 9.17. The average Bonchev–Trinajstić information content (AvgIpc) is 3.64. The third-order valence-corrected chi connectivity index (χ3v) is 10.1. The lowest BCUT2D eigenvalue weighted by molar-refractivity contribution is -0.117. The normalized spacial score (nSPS) is 22.0. The van der Waals surface area contributed by atoms with E-state index in [2.05, 4.69) is 24.9 Å². The summed E-state index contributed by atoms with van der Waals surface area (Å²) in [6.45, 7) is 6.52. The molecular formula is C35H43N7O3. The van der Waals surface area contributed by atoms with Crippen LogP contribution in [0.4, 0.5) is 11.4 Å². The zero-order valence-corrected chi connectivity index (χ0v) is 26.7. The van der Waals surface area contributed by atoms with Crippen LogP contribution in [0, 0.1) is 6.92 Å². The van der Waals surface area contributed by atoms with Gasteiger partial charge in [-0.15, -0.1) is 0 Å². The summed E-state index contributed by atoms with van der Waals surface area (Å²) in [4.78, 5) is 28.2. The van der Waals surface area contributed by atoms with Crippen LogP contribution in [-0.2, 0) is 11.2 Å². The molecule has 0 bridgehead atoms. The second-order valence-electron chi connectivity index (χ2n) is 12.5. The van der Waals surface area contributed by atoms with Gasteiger partial charge in [-0.2, -0.15) is 0 Å². The SMILES string of the molecule is COc1cc(-c2nc(C3CCC(N4CCNCC4)CC3)n3ccnc(C)c23)ccc1NC(=O)C1Cc2c(OC)cccc2N1C. The van der Waals surface area contributed by atoms with E-state index in [4.69, 9.17) is 14.5 Å². The maximum atomic E-state index is 13.6. The highest BCUT2D eigenvalue weighted by atomic mass is 16.5. The van der Waals surface area contributed by atoms with Crippen molar-refractivity contribution in [3.63, 3.8) is 0 Å². The molecule has 10 heteroatoms. The quantitative estimate of drug-likeness (QED) is 0.313. The van der Waals surface area contributed by atoms with Gasteiger partial charge in [0.15, 0.2) is 0 Å². The fourth-order valence-corrected chi connectivity index (χ4v) is 7.66. The topological polar surface area (TPSA) is 96.3 Å². The number of aryl methyl sites for hydroxylation is 1. The van der Waals surface area contributed by atoms with Crippen LogP contribution in [0.2, 0.25) is 0 Å². The average molecular weight is 610 g/mol. The number of benzene rings is 2. The molecule has 1 saturated carbocycles. The van der Waals surface area contributed by atoms with Crippen molar-refractivity contribution < 1.29 is 14.3 Å². The summed E-state index contributed by atoms with van der Waals surface area (Å²) in [6, 6.07) is 12.2. The van der Waals surface area contributed by atoms with E-state index < -0.39 is 0 Å². The maximum absolute atomic E-state index is 13.6. The first-order valence-electron chi connectivity index (χ1n) is 16.1. The maximum Gasteiger partial charge on any atom is 0.247 e. The van der Waals surface area contributed by atoms with E-state index in [0.717, 1.165) is 84.3 Å². The number of fused-ring (bicyclic) bond motifs is 2. The standard InChI is InChI=1S/C35H43N7O3/c1-22-33-32(39-34(42(33)19-16-37-22)23-8-11-25(12-9-23)41-17-14-36-15-18-41)24-10-13-27(31(20-24)45-4)38-35(43)29-21-26-28(40(29)2)6-5-7-30(26)44-3/h5-7,10,13,16,19-20,23,25,29,36H,8-9,11-12,14-15,17-18,21H2,1-4H3,(H,38,43). The van der Waals surface area contributed by atoms with Crippen molar-refractivity contribution in [1.29, 1.82) is 0 Å². The molecule has 7 rings (SSSR count). The zero-order valence-electron chi connectivity index (χ0n) is 26.7. The Kier molecular flexibility index (Phi) is 8.10. The summed E-state index contributed by atoms with van der Waals surface area (Å²) >= 11 is 0. The molecule has 0 spiro atoms. The fourth-order valence-electron chi connectivity index (χ4n) is 7.66. The molecule has 45 heavy (non-hydrogen) atoms. The van der Waals surface area contributed by atoms with E-state index in [1.54, 1.807) is 14.2 Å². The van der Waals surface area contributed by atoms with Gasteiger partial charge in [0.2, 0.25) is 5.91 Å². The number of nitrogens with one attached hydrogen (secondary N) is 2. The third-order valence-electron chi connectivity index (χ3n) is 10.1. The van der Waals surface area contributed by atoms with Crippen LogP contribution in [0.5, 0.6) is 11.5 Å². The van der Waals surface area contributed by atoms with E-state index >= 15 is 0 Å². The van der Waals surface area contributed by atoms with E-state index in [1.807, 2.05) is 67.7 Å². The number of piperazine rings is 1. The second kappa shape index (κ2) is 12.3. The molecule has 2 fully saturated rings. The summed E-state index contributed by atoms with van der Waals surface area (Å²) < 4.78 is 13.6.